The fraction of sp³-hybridized carbons (Fsp3) is 0.0417. The van der Waals surface area contributed by atoms with Crippen LogP contribution < -0.4 is 10.6 Å². The second kappa shape index (κ2) is 8.97. The van der Waals surface area contributed by atoms with Gasteiger partial charge in [0.25, 0.3) is 11.8 Å². The molecular weight excluding hydrogens is 456 g/mol. The number of hydrogen-bond donors (Lipinski definition) is 2. The molecule has 0 aliphatic carbocycles. The third-order valence-electron chi connectivity index (χ3n) is 4.67. The van der Waals surface area contributed by atoms with Gasteiger partial charge < -0.3 is 10.6 Å². The Morgan fingerprint density at radius 3 is 2.16 bits per heavy atom. The number of rotatable bonds is 5. The lowest BCUT2D eigenvalue weighted by Gasteiger charge is -2.12. The topological polar surface area (TPSA) is 76.0 Å². The minimum atomic E-state index is -0.367. The fourth-order valence-corrected chi connectivity index (χ4v) is 3.52. The van der Waals surface area contributed by atoms with Crippen molar-refractivity contribution in [3.63, 3.8) is 0 Å². The van der Waals surface area contributed by atoms with E-state index in [1.807, 2.05) is 67.6 Å². The standard InChI is InChI=1S/C24H19BrN4O2/c1-16-11-13-17(14-12-16)27-24(31)20-15-26-29(18-7-3-2-4-8-18)22(20)28-23(30)19-9-5-6-10-21(19)25/h2-15H,1H3,(H,27,31)(H,28,30). The summed E-state index contributed by atoms with van der Waals surface area (Å²) in [4.78, 5) is 26.0. The molecule has 0 bridgehead atoms. The van der Waals surface area contributed by atoms with E-state index in [1.54, 1.807) is 22.9 Å². The Morgan fingerprint density at radius 1 is 0.806 bits per heavy atom. The minimum absolute atomic E-state index is 0.254. The summed E-state index contributed by atoms with van der Waals surface area (Å²) in [5.41, 5.74) is 3.18. The highest BCUT2D eigenvalue weighted by atomic mass is 79.9. The van der Waals surface area contributed by atoms with E-state index in [-0.39, 0.29) is 23.2 Å². The molecule has 0 fully saturated rings. The van der Waals surface area contributed by atoms with Crippen LogP contribution >= 0.6 is 15.9 Å². The van der Waals surface area contributed by atoms with Gasteiger partial charge in [-0.1, -0.05) is 48.0 Å². The van der Waals surface area contributed by atoms with Crippen LogP contribution in [0, 0.1) is 6.92 Å². The molecule has 154 valence electrons. The second-order valence-corrected chi connectivity index (χ2v) is 7.76. The Morgan fingerprint density at radius 2 is 1.45 bits per heavy atom. The number of carbonyl (C=O) groups is 2. The number of halogens is 1. The van der Waals surface area contributed by atoms with E-state index in [0.717, 1.165) is 11.3 Å². The lowest BCUT2D eigenvalue weighted by atomic mass is 10.2. The Hall–Kier alpha value is -3.71. The van der Waals surface area contributed by atoms with Crippen molar-refractivity contribution in [2.24, 2.45) is 0 Å². The molecule has 0 unspecified atom stereocenters. The van der Waals surface area contributed by atoms with Gasteiger partial charge in [0.15, 0.2) is 0 Å². The number of nitrogens with one attached hydrogen (secondary N) is 2. The average Bonchev–Trinajstić information content (AvgIpc) is 3.20. The van der Waals surface area contributed by atoms with Crippen LogP contribution in [0.4, 0.5) is 11.5 Å². The maximum atomic E-state index is 13.0. The molecule has 0 spiro atoms. The number of benzene rings is 3. The smallest absolute Gasteiger partial charge is 0.261 e. The molecule has 6 nitrogen and oxygen atoms in total. The Kier molecular flexibility index (Phi) is 5.95. The van der Waals surface area contributed by atoms with Gasteiger partial charge in [0.05, 0.1) is 17.4 Å². The van der Waals surface area contributed by atoms with Gasteiger partial charge in [-0.05, 0) is 59.3 Å². The summed E-state index contributed by atoms with van der Waals surface area (Å²) in [6.07, 6.45) is 1.45. The molecule has 0 aliphatic rings. The number of amides is 2. The third kappa shape index (κ3) is 4.57. The van der Waals surface area contributed by atoms with Crippen molar-refractivity contribution < 1.29 is 9.59 Å². The Balaban J connectivity index is 1.71. The molecule has 0 saturated heterocycles. The number of para-hydroxylation sites is 1. The van der Waals surface area contributed by atoms with Crippen LogP contribution in [-0.4, -0.2) is 21.6 Å². The minimum Gasteiger partial charge on any atom is -0.322 e. The summed E-state index contributed by atoms with van der Waals surface area (Å²) in [5, 5.41) is 10.1. The highest BCUT2D eigenvalue weighted by molar-refractivity contribution is 9.10. The number of hydrogen-bond acceptors (Lipinski definition) is 3. The highest BCUT2D eigenvalue weighted by Gasteiger charge is 2.22. The van der Waals surface area contributed by atoms with E-state index in [9.17, 15) is 9.59 Å². The maximum absolute atomic E-state index is 13.0. The molecule has 4 aromatic rings. The predicted molar refractivity (Wildman–Crippen MR) is 125 cm³/mol. The molecule has 7 heteroatoms. The number of nitrogens with zero attached hydrogens (tertiary/aromatic N) is 2. The monoisotopic (exact) mass is 474 g/mol. The van der Waals surface area contributed by atoms with Crippen molar-refractivity contribution in [2.45, 2.75) is 6.92 Å². The summed E-state index contributed by atoms with van der Waals surface area (Å²) in [6.45, 7) is 1.98. The molecule has 31 heavy (non-hydrogen) atoms. The summed E-state index contributed by atoms with van der Waals surface area (Å²) >= 11 is 3.40. The lowest BCUT2D eigenvalue weighted by Crippen LogP contribution is -2.20. The molecule has 0 saturated carbocycles. The van der Waals surface area contributed by atoms with Gasteiger partial charge in [-0.3, -0.25) is 9.59 Å². The van der Waals surface area contributed by atoms with E-state index in [1.165, 1.54) is 6.20 Å². The van der Waals surface area contributed by atoms with Crippen LogP contribution in [0.3, 0.4) is 0 Å². The first-order valence-corrected chi connectivity index (χ1v) is 10.4. The first-order chi connectivity index (χ1) is 15.0. The number of aryl methyl sites for hydroxylation is 1. The Bertz CT molecular complexity index is 1230. The van der Waals surface area contributed by atoms with Crippen LogP contribution in [0.15, 0.2) is 89.5 Å². The molecule has 1 aromatic heterocycles. The van der Waals surface area contributed by atoms with Crippen LogP contribution in [-0.2, 0) is 0 Å². The van der Waals surface area contributed by atoms with Crippen LogP contribution in [0.2, 0.25) is 0 Å². The first-order valence-electron chi connectivity index (χ1n) is 9.60. The summed E-state index contributed by atoms with van der Waals surface area (Å²) in [6, 6.07) is 23.9. The first kappa shape index (κ1) is 20.6. The molecule has 2 amide bonds. The predicted octanol–water partition coefficient (Wildman–Crippen LogP) is 5.45. The molecule has 2 N–H and O–H groups in total. The van der Waals surface area contributed by atoms with Gasteiger partial charge >= 0.3 is 0 Å². The number of carbonyl (C=O) groups excluding carboxylic acids is 2. The zero-order valence-electron chi connectivity index (χ0n) is 16.7. The van der Waals surface area contributed by atoms with Gasteiger partial charge in [0.2, 0.25) is 0 Å². The molecule has 0 radical (unpaired) electrons. The van der Waals surface area contributed by atoms with E-state index in [0.29, 0.717) is 15.7 Å². The molecule has 1 heterocycles. The van der Waals surface area contributed by atoms with Crippen LogP contribution in [0.5, 0.6) is 0 Å². The van der Waals surface area contributed by atoms with Gasteiger partial charge in [-0.2, -0.15) is 5.10 Å². The largest absolute Gasteiger partial charge is 0.322 e. The summed E-state index contributed by atoms with van der Waals surface area (Å²) < 4.78 is 2.20. The van der Waals surface area contributed by atoms with E-state index >= 15 is 0 Å². The quantitative estimate of drug-likeness (QED) is 0.403. The molecule has 4 rings (SSSR count). The lowest BCUT2D eigenvalue weighted by molar-refractivity contribution is 0.102. The summed E-state index contributed by atoms with van der Waals surface area (Å²) in [5.74, 6) is -0.431. The SMILES string of the molecule is Cc1ccc(NC(=O)c2cnn(-c3ccccc3)c2NC(=O)c2ccccc2Br)cc1. The summed E-state index contributed by atoms with van der Waals surface area (Å²) in [7, 11) is 0. The van der Waals surface area contributed by atoms with E-state index in [2.05, 4.69) is 31.7 Å². The fourth-order valence-electron chi connectivity index (χ4n) is 3.06. The Labute approximate surface area is 188 Å². The van der Waals surface area contributed by atoms with Gasteiger partial charge in [-0.15, -0.1) is 0 Å². The molecular formula is C24H19BrN4O2. The molecule has 0 atom stereocenters. The molecule has 3 aromatic carbocycles. The zero-order valence-corrected chi connectivity index (χ0v) is 18.3. The van der Waals surface area contributed by atoms with E-state index < -0.39 is 0 Å². The number of aromatic nitrogens is 2. The molecule has 0 aliphatic heterocycles. The van der Waals surface area contributed by atoms with E-state index in [4.69, 9.17) is 0 Å². The average molecular weight is 475 g/mol. The zero-order chi connectivity index (χ0) is 21.8. The van der Waals surface area contributed by atoms with Crippen molar-refractivity contribution in [1.29, 1.82) is 0 Å². The van der Waals surface area contributed by atoms with Gasteiger partial charge in [0, 0.05) is 10.2 Å². The van der Waals surface area contributed by atoms with Crippen molar-refractivity contribution in [3.8, 4) is 5.69 Å². The highest BCUT2D eigenvalue weighted by Crippen LogP contribution is 2.24. The maximum Gasteiger partial charge on any atom is 0.261 e. The second-order valence-electron chi connectivity index (χ2n) is 6.91. The van der Waals surface area contributed by atoms with Crippen LogP contribution in [0.25, 0.3) is 5.69 Å². The van der Waals surface area contributed by atoms with Gasteiger partial charge in [-0.25, -0.2) is 4.68 Å². The number of anilines is 2. The van der Waals surface area contributed by atoms with Crippen molar-refractivity contribution in [2.75, 3.05) is 10.6 Å². The normalized spacial score (nSPS) is 10.5. The van der Waals surface area contributed by atoms with Crippen molar-refractivity contribution in [3.05, 3.63) is 106 Å². The van der Waals surface area contributed by atoms with Crippen molar-refractivity contribution in [1.82, 2.24) is 9.78 Å². The van der Waals surface area contributed by atoms with Crippen LogP contribution in [0.1, 0.15) is 26.3 Å². The van der Waals surface area contributed by atoms with Crippen molar-refractivity contribution >= 4 is 39.2 Å². The van der Waals surface area contributed by atoms with Gasteiger partial charge in [0.1, 0.15) is 11.4 Å². The third-order valence-corrected chi connectivity index (χ3v) is 5.37.